The highest BCUT2D eigenvalue weighted by molar-refractivity contribution is 6.31. The van der Waals surface area contributed by atoms with Crippen LogP contribution in [0.3, 0.4) is 0 Å². The van der Waals surface area contributed by atoms with Gasteiger partial charge >= 0.3 is 0 Å². The normalized spacial score (nSPS) is 10.4. The van der Waals surface area contributed by atoms with Gasteiger partial charge in [0.05, 0.1) is 12.1 Å². The highest BCUT2D eigenvalue weighted by Gasteiger charge is 2.10. The third-order valence-electron chi connectivity index (χ3n) is 4.29. The number of hydrogen-bond donors (Lipinski definition) is 2. The van der Waals surface area contributed by atoms with Crippen LogP contribution in [0.5, 0.6) is 0 Å². The monoisotopic (exact) mass is 409 g/mol. The summed E-state index contributed by atoms with van der Waals surface area (Å²) in [6.45, 7) is 2.65. The third-order valence-corrected chi connectivity index (χ3v) is 4.66. The molecule has 0 aliphatic carbocycles. The topological polar surface area (TPSA) is 80.2 Å². The molecule has 2 aromatic carbocycles. The number of rotatable bonds is 6. The largest absolute Gasteiger partial charge is 0.352 e. The van der Waals surface area contributed by atoms with Gasteiger partial charge in [-0.15, -0.1) is 0 Å². The summed E-state index contributed by atoms with van der Waals surface area (Å²) in [6.07, 6.45) is 1.50. The molecule has 3 aromatic rings. The Morgan fingerprint density at radius 2 is 1.62 bits per heavy atom. The van der Waals surface area contributed by atoms with Crippen molar-refractivity contribution in [3.8, 4) is 0 Å². The molecule has 6 nitrogen and oxygen atoms in total. The highest BCUT2D eigenvalue weighted by Crippen LogP contribution is 2.16. The molecule has 3 rings (SSSR count). The quantitative estimate of drug-likeness (QED) is 0.653. The van der Waals surface area contributed by atoms with E-state index in [4.69, 9.17) is 11.6 Å². The Labute approximate surface area is 173 Å². The first-order valence-corrected chi connectivity index (χ1v) is 9.49. The predicted molar refractivity (Wildman–Crippen MR) is 114 cm³/mol. The molecule has 2 amide bonds. The van der Waals surface area contributed by atoms with Crippen LogP contribution in [0.4, 0.5) is 5.69 Å². The Morgan fingerprint density at radius 3 is 2.31 bits per heavy atom. The Hall–Kier alpha value is -3.38. The number of benzene rings is 2. The minimum Gasteiger partial charge on any atom is -0.352 e. The van der Waals surface area contributed by atoms with Gasteiger partial charge in [-0.2, -0.15) is 0 Å². The first-order chi connectivity index (χ1) is 14.0. The van der Waals surface area contributed by atoms with Crippen molar-refractivity contribution in [2.75, 3.05) is 11.9 Å². The van der Waals surface area contributed by atoms with Gasteiger partial charge in [0.2, 0.25) is 0 Å². The minimum absolute atomic E-state index is 0.169. The molecule has 0 fully saturated rings. The molecule has 0 saturated heterocycles. The van der Waals surface area contributed by atoms with Gasteiger partial charge in [0.15, 0.2) is 0 Å². The molecule has 1 heterocycles. The van der Waals surface area contributed by atoms with Crippen LogP contribution >= 0.6 is 11.6 Å². The van der Waals surface area contributed by atoms with Crippen molar-refractivity contribution in [3.63, 3.8) is 0 Å². The fraction of sp³-hybridized carbons (Fsp3) is 0.136. The van der Waals surface area contributed by atoms with Crippen molar-refractivity contribution in [1.29, 1.82) is 0 Å². The molecule has 0 atom stereocenters. The number of nitrogens with one attached hydrogen (secondary N) is 2. The predicted octanol–water partition coefficient (Wildman–Crippen LogP) is 3.55. The number of pyridine rings is 1. The Bertz CT molecular complexity index is 1090. The van der Waals surface area contributed by atoms with E-state index in [1.54, 1.807) is 30.3 Å². The Morgan fingerprint density at radius 1 is 0.931 bits per heavy atom. The molecule has 29 heavy (non-hydrogen) atoms. The summed E-state index contributed by atoms with van der Waals surface area (Å²) in [5, 5.41) is 6.04. The van der Waals surface area contributed by atoms with E-state index in [1.807, 2.05) is 25.1 Å². The van der Waals surface area contributed by atoms with Crippen molar-refractivity contribution in [1.82, 2.24) is 9.88 Å². The van der Waals surface area contributed by atoms with Gasteiger partial charge in [-0.1, -0.05) is 29.8 Å². The number of halogens is 1. The van der Waals surface area contributed by atoms with Gasteiger partial charge in [0.25, 0.3) is 17.4 Å². The summed E-state index contributed by atoms with van der Waals surface area (Å²) >= 11 is 6.17. The minimum atomic E-state index is -0.358. The van der Waals surface area contributed by atoms with Gasteiger partial charge in [-0.05, 0) is 48.9 Å². The Balaban J connectivity index is 1.75. The van der Waals surface area contributed by atoms with E-state index in [0.717, 1.165) is 5.56 Å². The smallest absolute Gasteiger partial charge is 0.257 e. The summed E-state index contributed by atoms with van der Waals surface area (Å²) in [5.41, 5.74) is 1.96. The van der Waals surface area contributed by atoms with Crippen molar-refractivity contribution in [2.24, 2.45) is 0 Å². The molecule has 0 bridgehead atoms. The zero-order chi connectivity index (χ0) is 20.8. The SMILES string of the molecule is CCNC(=O)c1ccc(NC(=O)c2ccc(=O)n(Cc3ccccc3Cl)c2)cc1. The maximum atomic E-state index is 12.6. The van der Waals surface area contributed by atoms with E-state index < -0.39 is 0 Å². The standard InChI is InChI=1S/C22H20ClN3O3/c1-2-24-21(28)15-7-10-18(11-8-15)25-22(29)17-9-12-20(27)26(14-17)13-16-5-3-4-6-19(16)23/h3-12,14H,2,13H2,1H3,(H,24,28)(H,25,29). The van der Waals surface area contributed by atoms with Crippen LogP contribution in [-0.2, 0) is 6.54 Å². The van der Waals surface area contributed by atoms with Crippen molar-refractivity contribution < 1.29 is 9.59 Å². The number of anilines is 1. The van der Waals surface area contributed by atoms with Crippen LogP contribution in [0.15, 0.2) is 71.7 Å². The van der Waals surface area contributed by atoms with E-state index in [9.17, 15) is 14.4 Å². The zero-order valence-electron chi connectivity index (χ0n) is 15.8. The van der Waals surface area contributed by atoms with Crippen LogP contribution in [0.25, 0.3) is 0 Å². The average Bonchev–Trinajstić information content (AvgIpc) is 2.72. The van der Waals surface area contributed by atoms with E-state index >= 15 is 0 Å². The fourth-order valence-electron chi connectivity index (χ4n) is 2.77. The lowest BCUT2D eigenvalue weighted by Crippen LogP contribution is -2.23. The van der Waals surface area contributed by atoms with Gasteiger partial charge in [0.1, 0.15) is 0 Å². The number of nitrogens with zero attached hydrogens (tertiary/aromatic N) is 1. The van der Waals surface area contributed by atoms with Gasteiger partial charge < -0.3 is 15.2 Å². The molecule has 0 aliphatic rings. The number of carbonyl (C=O) groups is 2. The average molecular weight is 410 g/mol. The molecule has 148 valence electrons. The van der Waals surface area contributed by atoms with E-state index in [-0.39, 0.29) is 23.9 Å². The highest BCUT2D eigenvalue weighted by atomic mass is 35.5. The first-order valence-electron chi connectivity index (χ1n) is 9.11. The van der Waals surface area contributed by atoms with E-state index in [2.05, 4.69) is 10.6 Å². The van der Waals surface area contributed by atoms with Crippen LogP contribution in [0.1, 0.15) is 33.2 Å². The molecule has 2 N–H and O–H groups in total. The maximum absolute atomic E-state index is 12.6. The molecular formula is C22H20ClN3O3. The molecule has 0 aliphatic heterocycles. The lowest BCUT2D eigenvalue weighted by Gasteiger charge is -2.10. The van der Waals surface area contributed by atoms with Crippen LogP contribution in [0, 0.1) is 0 Å². The number of amides is 2. The second-order valence-corrected chi connectivity index (χ2v) is 6.77. The Kier molecular flexibility index (Phi) is 6.46. The summed E-state index contributed by atoms with van der Waals surface area (Å²) in [6, 6.07) is 16.7. The molecule has 0 spiro atoms. The van der Waals surface area contributed by atoms with Crippen molar-refractivity contribution in [2.45, 2.75) is 13.5 Å². The van der Waals surface area contributed by atoms with Gasteiger partial charge in [-0.25, -0.2) is 0 Å². The molecule has 0 unspecified atom stereocenters. The molecule has 0 radical (unpaired) electrons. The van der Waals surface area contributed by atoms with Gasteiger partial charge in [-0.3, -0.25) is 14.4 Å². The zero-order valence-corrected chi connectivity index (χ0v) is 16.6. The van der Waals surface area contributed by atoms with E-state index in [0.29, 0.717) is 28.4 Å². The van der Waals surface area contributed by atoms with E-state index in [1.165, 1.54) is 22.9 Å². The second kappa shape index (κ2) is 9.21. The molecule has 0 saturated carbocycles. The van der Waals surface area contributed by atoms with Gasteiger partial charge in [0, 0.05) is 35.1 Å². The van der Waals surface area contributed by atoms with Crippen molar-refractivity contribution >= 4 is 29.1 Å². The number of carbonyl (C=O) groups excluding carboxylic acids is 2. The molecule has 1 aromatic heterocycles. The fourth-order valence-corrected chi connectivity index (χ4v) is 2.97. The number of aromatic nitrogens is 1. The lowest BCUT2D eigenvalue weighted by atomic mass is 10.2. The maximum Gasteiger partial charge on any atom is 0.257 e. The first kappa shape index (κ1) is 20.4. The van der Waals surface area contributed by atoms with Crippen LogP contribution < -0.4 is 16.2 Å². The second-order valence-electron chi connectivity index (χ2n) is 6.37. The van der Waals surface area contributed by atoms with Crippen LogP contribution in [-0.4, -0.2) is 22.9 Å². The summed E-state index contributed by atoms with van der Waals surface area (Å²) in [7, 11) is 0. The third kappa shape index (κ3) is 5.12. The molecule has 7 heteroatoms. The van der Waals surface area contributed by atoms with Crippen molar-refractivity contribution in [3.05, 3.63) is 98.9 Å². The summed E-state index contributed by atoms with van der Waals surface area (Å²) in [5.74, 6) is -0.527. The number of hydrogen-bond acceptors (Lipinski definition) is 3. The molecular weight excluding hydrogens is 390 g/mol. The summed E-state index contributed by atoms with van der Waals surface area (Å²) in [4.78, 5) is 36.6. The lowest BCUT2D eigenvalue weighted by molar-refractivity contribution is 0.0955. The summed E-state index contributed by atoms with van der Waals surface area (Å²) < 4.78 is 1.44. The van der Waals surface area contributed by atoms with Crippen LogP contribution in [0.2, 0.25) is 5.02 Å².